The first-order chi connectivity index (χ1) is 8.86. The van der Waals surface area contributed by atoms with E-state index in [1.807, 2.05) is 25.1 Å². The Morgan fingerprint density at radius 3 is 2.89 bits per heavy atom. The third-order valence-electron chi connectivity index (χ3n) is 2.39. The molecule has 1 N–H and O–H groups in total. The molecule has 0 aromatic carbocycles. The normalized spacial score (nSPS) is 10.7. The smallest absolute Gasteiger partial charge is 0.213 e. The lowest BCUT2D eigenvalue weighted by atomic mass is 10.3. The second kappa shape index (κ2) is 4.40. The van der Waals surface area contributed by atoms with Crippen molar-refractivity contribution in [1.82, 2.24) is 24.9 Å². The van der Waals surface area contributed by atoms with Gasteiger partial charge in [0.25, 0.3) is 0 Å². The first-order valence-corrected chi connectivity index (χ1v) is 5.64. The van der Waals surface area contributed by atoms with E-state index in [1.54, 1.807) is 12.4 Å². The fourth-order valence-corrected chi connectivity index (χ4v) is 1.64. The minimum Gasteiger partial charge on any atom is -0.478 e. The van der Waals surface area contributed by atoms with Gasteiger partial charge in [0.2, 0.25) is 5.88 Å². The molecule has 3 heterocycles. The Kier molecular flexibility index (Phi) is 2.60. The number of hydrogen-bond donors (Lipinski definition) is 1. The lowest BCUT2D eigenvalue weighted by Gasteiger charge is -2.02. The number of nitrogens with one attached hydrogen (secondary N) is 1. The molecule has 0 aliphatic carbocycles. The van der Waals surface area contributed by atoms with Crippen LogP contribution in [0.5, 0.6) is 5.88 Å². The zero-order chi connectivity index (χ0) is 12.4. The first kappa shape index (κ1) is 10.6. The van der Waals surface area contributed by atoms with E-state index in [-0.39, 0.29) is 0 Å². The summed E-state index contributed by atoms with van der Waals surface area (Å²) in [5.41, 5.74) is 1.94. The van der Waals surface area contributed by atoms with Crippen molar-refractivity contribution in [3.8, 4) is 17.4 Å². The minimum atomic E-state index is 0.580. The summed E-state index contributed by atoms with van der Waals surface area (Å²) >= 11 is 0. The van der Waals surface area contributed by atoms with Crippen molar-refractivity contribution in [1.29, 1.82) is 0 Å². The van der Waals surface area contributed by atoms with E-state index >= 15 is 0 Å². The molecular formula is C12H11N5O. The van der Waals surface area contributed by atoms with Crippen LogP contribution in [0.3, 0.4) is 0 Å². The first-order valence-electron chi connectivity index (χ1n) is 5.64. The van der Waals surface area contributed by atoms with E-state index in [4.69, 9.17) is 4.74 Å². The van der Waals surface area contributed by atoms with E-state index in [0.717, 1.165) is 0 Å². The summed E-state index contributed by atoms with van der Waals surface area (Å²) in [5.74, 6) is 1.22. The SMILES string of the molecule is CCOc1cccc(-c2nc3nccnc3[nH]2)n1. The molecular weight excluding hydrogens is 230 g/mol. The molecule has 0 unspecified atom stereocenters. The van der Waals surface area contributed by atoms with Gasteiger partial charge in [0.1, 0.15) is 5.69 Å². The minimum absolute atomic E-state index is 0.580. The molecule has 6 heteroatoms. The summed E-state index contributed by atoms with van der Waals surface area (Å²) in [6.45, 7) is 2.50. The molecule has 3 aromatic rings. The van der Waals surface area contributed by atoms with Crippen LogP contribution in [-0.2, 0) is 0 Å². The van der Waals surface area contributed by atoms with E-state index in [1.165, 1.54) is 0 Å². The van der Waals surface area contributed by atoms with Crippen molar-refractivity contribution < 1.29 is 4.74 Å². The van der Waals surface area contributed by atoms with Gasteiger partial charge in [0.05, 0.1) is 6.61 Å². The van der Waals surface area contributed by atoms with Gasteiger partial charge >= 0.3 is 0 Å². The molecule has 3 rings (SSSR count). The van der Waals surface area contributed by atoms with Crippen molar-refractivity contribution in [3.05, 3.63) is 30.6 Å². The number of fused-ring (bicyclic) bond motifs is 1. The Bertz CT molecular complexity index is 646. The summed E-state index contributed by atoms with van der Waals surface area (Å²) in [7, 11) is 0. The summed E-state index contributed by atoms with van der Waals surface area (Å²) in [4.78, 5) is 20.0. The lowest BCUT2D eigenvalue weighted by molar-refractivity contribution is 0.327. The molecule has 0 fully saturated rings. The summed E-state index contributed by atoms with van der Waals surface area (Å²) in [6.07, 6.45) is 3.23. The fourth-order valence-electron chi connectivity index (χ4n) is 1.64. The predicted molar refractivity (Wildman–Crippen MR) is 66.1 cm³/mol. The molecule has 6 nitrogen and oxygen atoms in total. The molecule has 3 aromatic heterocycles. The molecule has 0 aliphatic heterocycles. The van der Waals surface area contributed by atoms with Crippen LogP contribution in [0.15, 0.2) is 30.6 Å². The highest BCUT2D eigenvalue weighted by atomic mass is 16.5. The van der Waals surface area contributed by atoms with Crippen LogP contribution in [0, 0.1) is 0 Å². The number of nitrogens with zero attached hydrogens (tertiary/aromatic N) is 4. The van der Waals surface area contributed by atoms with Gasteiger partial charge < -0.3 is 9.72 Å². The van der Waals surface area contributed by atoms with E-state index < -0.39 is 0 Å². The van der Waals surface area contributed by atoms with Gasteiger partial charge in [-0.2, -0.15) is 0 Å². The summed E-state index contributed by atoms with van der Waals surface area (Å²) in [5, 5.41) is 0. The van der Waals surface area contributed by atoms with Crippen LogP contribution < -0.4 is 4.74 Å². The monoisotopic (exact) mass is 241 g/mol. The number of hydrogen-bond acceptors (Lipinski definition) is 5. The Morgan fingerprint density at radius 2 is 2.06 bits per heavy atom. The Balaban J connectivity index is 2.05. The number of H-pyrrole nitrogens is 1. The zero-order valence-electron chi connectivity index (χ0n) is 9.79. The largest absolute Gasteiger partial charge is 0.478 e. The summed E-state index contributed by atoms with van der Waals surface area (Å²) in [6, 6.07) is 5.55. The standard InChI is InChI=1S/C12H11N5O/c1-2-18-9-5-3-4-8(15-9)10-16-11-12(17-10)14-7-6-13-11/h3-7H,2H2,1H3,(H,13,14,16,17). The highest BCUT2D eigenvalue weighted by Gasteiger charge is 2.08. The van der Waals surface area contributed by atoms with E-state index in [9.17, 15) is 0 Å². The molecule has 0 radical (unpaired) electrons. The zero-order valence-corrected chi connectivity index (χ0v) is 9.79. The van der Waals surface area contributed by atoms with Gasteiger partial charge in [-0.15, -0.1) is 0 Å². The van der Waals surface area contributed by atoms with Crippen LogP contribution in [0.4, 0.5) is 0 Å². The van der Waals surface area contributed by atoms with Crippen LogP contribution in [-0.4, -0.2) is 31.5 Å². The maximum absolute atomic E-state index is 5.36. The van der Waals surface area contributed by atoms with Gasteiger partial charge in [-0.3, -0.25) is 0 Å². The maximum atomic E-state index is 5.36. The van der Waals surface area contributed by atoms with E-state index in [0.29, 0.717) is 35.3 Å². The Labute approximate surface area is 103 Å². The van der Waals surface area contributed by atoms with Crippen molar-refractivity contribution in [2.24, 2.45) is 0 Å². The third-order valence-corrected chi connectivity index (χ3v) is 2.39. The average Bonchev–Trinajstić information content (AvgIpc) is 2.83. The van der Waals surface area contributed by atoms with Crippen LogP contribution >= 0.6 is 0 Å². The van der Waals surface area contributed by atoms with Gasteiger partial charge in [-0.05, 0) is 13.0 Å². The molecule has 0 spiro atoms. The van der Waals surface area contributed by atoms with Gasteiger partial charge in [-0.1, -0.05) is 6.07 Å². The second-order valence-electron chi connectivity index (χ2n) is 3.61. The van der Waals surface area contributed by atoms with Crippen molar-refractivity contribution >= 4 is 11.3 Å². The fraction of sp³-hybridized carbons (Fsp3) is 0.167. The Hall–Kier alpha value is -2.50. The molecule has 0 saturated carbocycles. The molecule has 18 heavy (non-hydrogen) atoms. The number of aromatic nitrogens is 5. The van der Waals surface area contributed by atoms with Crippen molar-refractivity contribution in [3.63, 3.8) is 0 Å². The Morgan fingerprint density at radius 1 is 1.17 bits per heavy atom. The number of pyridine rings is 1. The van der Waals surface area contributed by atoms with E-state index in [2.05, 4.69) is 24.9 Å². The second-order valence-corrected chi connectivity index (χ2v) is 3.61. The quantitative estimate of drug-likeness (QED) is 0.756. The number of aromatic amines is 1. The molecule has 0 saturated heterocycles. The molecule has 0 atom stereocenters. The van der Waals surface area contributed by atoms with Gasteiger partial charge in [0, 0.05) is 18.5 Å². The number of ether oxygens (including phenoxy) is 1. The highest BCUT2D eigenvalue weighted by molar-refractivity contribution is 5.70. The number of imidazole rings is 1. The van der Waals surface area contributed by atoms with Gasteiger partial charge in [0.15, 0.2) is 17.1 Å². The van der Waals surface area contributed by atoms with Crippen LogP contribution in [0.25, 0.3) is 22.8 Å². The molecule has 0 amide bonds. The van der Waals surface area contributed by atoms with Gasteiger partial charge in [-0.25, -0.2) is 19.9 Å². The van der Waals surface area contributed by atoms with Crippen LogP contribution in [0.1, 0.15) is 6.92 Å². The maximum Gasteiger partial charge on any atom is 0.213 e. The molecule has 0 aliphatic rings. The lowest BCUT2D eigenvalue weighted by Crippen LogP contribution is -1.95. The average molecular weight is 241 g/mol. The van der Waals surface area contributed by atoms with Crippen molar-refractivity contribution in [2.45, 2.75) is 6.92 Å². The predicted octanol–water partition coefficient (Wildman–Crippen LogP) is 1.81. The summed E-state index contributed by atoms with van der Waals surface area (Å²) < 4.78 is 5.36. The third kappa shape index (κ3) is 1.88. The topological polar surface area (TPSA) is 76.6 Å². The highest BCUT2D eigenvalue weighted by Crippen LogP contribution is 2.18. The van der Waals surface area contributed by atoms with Crippen molar-refractivity contribution in [2.75, 3.05) is 6.61 Å². The van der Waals surface area contributed by atoms with Crippen LogP contribution in [0.2, 0.25) is 0 Å². The number of rotatable bonds is 3. The molecule has 0 bridgehead atoms. The molecule has 90 valence electrons.